The third-order valence-electron chi connectivity index (χ3n) is 3.57. The van der Waals surface area contributed by atoms with E-state index in [2.05, 4.69) is 5.32 Å². The van der Waals surface area contributed by atoms with Crippen molar-refractivity contribution in [1.82, 2.24) is 0 Å². The van der Waals surface area contributed by atoms with Crippen molar-refractivity contribution in [2.75, 3.05) is 17.7 Å². The average molecular weight is 391 g/mol. The molecular weight excluding hydrogens is 375 g/mol. The number of carbonyl (C=O) groups is 3. The minimum Gasteiger partial charge on any atom is -0.455 e. The Kier molecular flexibility index (Phi) is 5.67. The van der Waals surface area contributed by atoms with Gasteiger partial charge >= 0.3 is 5.97 Å². The summed E-state index contributed by atoms with van der Waals surface area (Å²) in [5.41, 5.74) is 4.64. The number of para-hydroxylation sites is 1. The van der Waals surface area contributed by atoms with Crippen molar-refractivity contribution in [2.45, 2.75) is 22.6 Å². The maximum atomic E-state index is 12.0. The van der Waals surface area contributed by atoms with E-state index >= 15 is 0 Å². The molecule has 6 nitrogen and oxygen atoms in total. The Balaban J connectivity index is 1.89. The minimum atomic E-state index is -1.14. The number of rotatable bonds is 7. The van der Waals surface area contributed by atoms with Crippen molar-refractivity contribution in [3.05, 3.63) is 24.3 Å². The van der Waals surface area contributed by atoms with Crippen LogP contribution in [-0.2, 0) is 19.1 Å². The maximum absolute atomic E-state index is 12.0. The normalized spacial score (nSPS) is 21.0. The predicted molar refractivity (Wildman–Crippen MR) is 93.1 cm³/mol. The van der Waals surface area contributed by atoms with Crippen LogP contribution in [0.25, 0.3) is 0 Å². The Morgan fingerprint density at radius 3 is 2.54 bits per heavy atom. The minimum absolute atomic E-state index is 0.0910. The van der Waals surface area contributed by atoms with Crippen LogP contribution in [-0.4, -0.2) is 34.5 Å². The van der Waals surface area contributed by atoms with Crippen molar-refractivity contribution >= 4 is 58.4 Å². The van der Waals surface area contributed by atoms with Gasteiger partial charge in [0.05, 0.1) is 11.4 Å². The van der Waals surface area contributed by atoms with E-state index in [1.54, 1.807) is 31.2 Å². The van der Waals surface area contributed by atoms with Crippen LogP contribution in [0.15, 0.2) is 29.2 Å². The molecule has 130 valence electrons. The quantitative estimate of drug-likeness (QED) is 0.422. The van der Waals surface area contributed by atoms with Crippen LogP contribution >= 0.6 is 35.0 Å². The van der Waals surface area contributed by atoms with Gasteiger partial charge in [0.1, 0.15) is 9.75 Å². The van der Waals surface area contributed by atoms with Gasteiger partial charge in [0, 0.05) is 11.3 Å². The van der Waals surface area contributed by atoms with Crippen molar-refractivity contribution in [2.24, 2.45) is 11.1 Å². The standard InChI is InChI=1S/C15H16Cl2N2O4S/c1-14(8-15(14,16)17)13(22)23-6-12(21)19-9-4-2-3-5-10(9)24-7-11(18)20/h2-5H,6-8H2,1H3,(H2,18,20)(H,19,21)/t14-/m0/s1. The molecule has 0 aliphatic heterocycles. The molecule has 24 heavy (non-hydrogen) atoms. The highest BCUT2D eigenvalue weighted by molar-refractivity contribution is 8.00. The summed E-state index contributed by atoms with van der Waals surface area (Å²) in [6, 6.07) is 6.92. The molecule has 1 atom stereocenters. The molecule has 3 N–H and O–H groups in total. The van der Waals surface area contributed by atoms with Gasteiger partial charge in [-0.15, -0.1) is 35.0 Å². The van der Waals surface area contributed by atoms with Crippen molar-refractivity contribution in [1.29, 1.82) is 0 Å². The van der Waals surface area contributed by atoms with Crippen LogP contribution in [0, 0.1) is 5.41 Å². The molecule has 0 saturated heterocycles. The van der Waals surface area contributed by atoms with Gasteiger partial charge in [0.15, 0.2) is 6.61 Å². The fourth-order valence-electron chi connectivity index (χ4n) is 1.94. The lowest BCUT2D eigenvalue weighted by Crippen LogP contribution is -2.27. The van der Waals surface area contributed by atoms with E-state index in [9.17, 15) is 14.4 Å². The molecule has 0 radical (unpaired) electrons. The largest absolute Gasteiger partial charge is 0.455 e. The number of esters is 1. The highest BCUT2D eigenvalue weighted by Crippen LogP contribution is 2.64. The first-order chi connectivity index (χ1) is 11.2. The van der Waals surface area contributed by atoms with E-state index < -0.39 is 34.1 Å². The zero-order valence-corrected chi connectivity index (χ0v) is 15.1. The number of nitrogens with two attached hydrogens (primary N) is 1. The highest BCUT2D eigenvalue weighted by Gasteiger charge is 2.69. The molecule has 2 amide bonds. The van der Waals surface area contributed by atoms with Crippen molar-refractivity contribution < 1.29 is 19.1 Å². The molecule has 0 unspecified atom stereocenters. The first-order valence-corrected chi connectivity index (χ1v) is 8.75. The third-order valence-corrected chi connectivity index (χ3v) is 5.77. The average Bonchev–Trinajstić information content (AvgIpc) is 3.03. The van der Waals surface area contributed by atoms with Gasteiger partial charge in [-0.2, -0.15) is 0 Å². The van der Waals surface area contributed by atoms with Gasteiger partial charge in [-0.05, 0) is 19.1 Å². The molecule has 0 aromatic heterocycles. The summed E-state index contributed by atoms with van der Waals surface area (Å²) in [6.07, 6.45) is 0.288. The first-order valence-electron chi connectivity index (χ1n) is 7.01. The maximum Gasteiger partial charge on any atom is 0.315 e. The molecule has 0 spiro atoms. The molecule has 1 fully saturated rings. The Morgan fingerprint density at radius 2 is 1.96 bits per heavy atom. The zero-order valence-electron chi connectivity index (χ0n) is 12.8. The number of carbonyl (C=O) groups excluding carboxylic acids is 3. The summed E-state index contributed by atoms with van der Waals surface area (Å²) >= 11 is 13.0. The van der Waals surface area contributed by atoms with Gasteiger partial charge in [-0.1, -0.05) is 12.1 Å². The lowest BCUT2D eigenvalue weighted by atomic mass is 10.1. The Labute approximate surface area is 153 Å². The Morgan fingerprint density at radius 1 is 1.33 bits per heavy atom. The van der Waals surface area contributed by atoms with Crippen LogP contribution in [0.4, 0.5) is 5.69 Å². The number of ether oxygens (including phenoxy) is 1. The van der Waals surface area contributed by atoms with Crippen LogP contribution in [0.3, 0.4) is 0 Å². The van der Waals surface area contributed by atoms with Gasteiger partial charge in [-0.3, -0.25) is 14.4 Å². The second-order valence-electron chi connectivity index (χ2n) is 5.59. The SMILES string of the molecule is C[C@@]1(C(=O)OCC(=O)Nc2ccccc2SCC(N)=O)CC1(Cl)Cl. The van der Waals surface area contributed by atoms with E-state index in [4.69, 9.17) is 33.7 Å². The van der Waals surface area contributed by atoms with Crippen molar-refractivity contribution in [3.8, 4) is 0 Å². The molecular formula is C15H16Cl2N2O4S. The van der Waals surface area contributed by atoms with Gasteiger partial charge in [0.2, 0.25) is 5.91 Å². The number of alkyl halides is 2. The number of anilines is 1. The summed E-state index contributed by atoms with van der Waals surface area (Å²) < 4.78 is 3.84. The second kappa shape index (κ2) is 7.21. The molecule has 1 saturated carbocycles. The molecule has 1 aromatic carbocycles. The van der Waals surface area contributed by atoms with Crippen LogP contribution in [0.1, 0.15) is 13.3 Å². The summed E-state index contributed by atoms with van der Waals surface area (Å²) in [7, 11) is 0. The number of amides is 2. The number of primary amides is 1. The summed E-state index contributed by atoms with van der Waals surface area (Å²) in [6.45, 7) is 1.14. The molecule has 0 heterocycles. The first kappa shape index (κ1) is 18.9. The lowest BCUT2D eigenvalue weighted by molar-refractivity contribution is -0.152. The highest BCUT2D eigenvalue weighted by atomic mass is 35.5. The zero-order chi connectivity index (χ0) is 18.0. The molecule has 0 bridgehead atoms. The Hall–Kier alpha value is -1.44. The van der Waals surface area contributed by atoms with Crippen molar-refractivity contribution in [3.63, 3.8) is 0 Å². The summed E-state index contributed by atoms with van der Waals surface area (Å²) in [4.78, 5) is 35.4. The van der Waals surface area contributed by atoms with Gasteiger partial charge < -0.3 is 15.8 Å². The van der Waals surface area contributed by atoms with Crippen LogP contribution in [0.2, 0.25) is 0 Å². The topological polar surface area (TPSA) is 98.5 Å². The van der Waals surface area contributed by atoms with E-state index in [-0.39, 0.29) is 12.2 Å². The number of thioether (sulfide) groups is 1. The van der Waals surface area contributed by atoms with Gasteiger partial charge in [-0.25, -0.2) is 0 Å². The number of nitrogens with one attached hydrogen (secondary N) is 1. The van der Waals surface area contributed by atoms with Crippen LogP contribution < -0.4 is 11.1 Å². The third kappa shape index (κ3) is 4.34. The Bertz CT molecular complexity index is 683. The number of benzene rings is 1. The number of hydrogen-bond donors (Lipinski definition) is 2. The molecule has 1 aliphatic rings. The smallest absolute Gasteiger partial charge is 0.315 e. The van der Waals surface area contributed by atoms with Gasteiger partial charge in [0.25, 0.3) is 5.91 Å². The predicted octanol–water partition coefficient (Wildman–Crippen LogP) is 2.33. The molecule has 9 heteroatoms. The van der Waals surface area contributed by atoms with Crippen LogP contribution in [0.5, 0.6) is 0 Å². The second-order valence-corrected chi connectivity index (χ2v) is 8.09. The molecule has 1 aromatic rings. The lowest BCUT2D eigenvalue weighted by Gasteiger charge is -2.13. The monoisotopic (exact) mass is 390 g/mol. The molecule has 2 rings (SSSR count). The fourth-order valence-corrected chi connectivity index (χ4v) is 3.38. The van der Waals surface area contributed by atoms with E-state index in [1.165, 1.54) is 11.8 Å². The van der Waals surface area contributed by atoms with E-state index in [0.29, 0.717) is 10.6 Å². The fraction of sp³-hybridized carbons (Fsp3) is 0.400. The number of hydrogen-bond acceptors (Lipinski definition) is 5. The summed E-state index contributed by atoms with van der Waals surface area (Å²) in [5.74, 6) is -1.49. The number of halogens is 2. The van der Waals surface area contributed by atoms with E-state index in [0.717, 1.165) is 0 Å². The summed E-state index contributed by atoms with van der Waals surface area (Å²) in [5, 5.41) is 2.63. The molecule has 1 aliphatic carbocycles. The van der Waals surface area contributed by atoms with E-state index in [1.807, 2.05) is 0 Å².